The number of nitrogens with zero attached hydrogens (tertiary/aromatic N) is 3. The molecule has 1 aliphatic rings. The van der Waals surface area contributed by atoms with Crippen LogP contribution in [0.1, 0.15) is 0 Å². The molecule has 0 unspecified atom stereocenters. The molecule has 138 valence electrons. The molecule has 1 fully saturated rings. The van der Waals surface area contributed by atoms with Crippen LogP contribution in [0.5, 0.6) is 0 Å². The molecule has 1 aromatic heterocycles. The molecule has 4 rings (SSSR count). The van der Waals surface area contributed by atoms with Gasteiger partial charge in [-0.05, 0) is 18.4 Å². The molecular weight excluding hydrogens is 356 g/mol. The molecule has 2 aromatic carbocycles. The van der Waals surface area contributed by atoms with E-state index >= 15 is 0 Å². The Morgan fingerprint density at radius 2 is 1.70 bits per heavy atom. The van der Waals surface area contributed by atoms with Crippen LogP contribution in [0, 0.1) is 0 Å². The first-order valence-electron chi connectivity index (χ1n) is 9.01. The summed E-state index contributed by atoms with van der Waals surface area (Å²) in [5, 5.41) is 4.26. The van der Waals surface area contributed by atoms with Gasteiger partial charge in [-0.1, -0.05) is 54.2 Å². The molecule has 5 nitrogen and oxygen atoms in total. The summed E-state index contributed by atoms with van der Waals surface area (Å²) in [6.07, 6.45) is 2.00. The van der Waals surface area contributed by atoms with Crippen molar-refractivity contribution in [1.29, 1.82) is 0 Å². The first-order chi connectivity index (χ1) is 13.3. The standard InChI is InChI=1S/C21H22N4OS/c1-27-21-23-18(16-7-3-2-4-8-16)15-20(24-21)22-17-9-5-6-10-19(17)25-11-13-26-14-12-25/h2-10,15H,11-14H2,1H3,(H,22,23,24). The van der Waals surface area contributed by atoms with E-state index in [4.69, 9.17) is 4.74 Å². The van der Waals surface area contributed by atoms with Gasteiger partial charge in [0.15, 0.2) is 5.16 Å². The van der Waals surface area contributed by atoms with Crippen LogP contribution < -0.4 is 10.2 Å². The summed E-state index contributed by atoms with van der Waals surface area (Å²) in [4.78, 5) is 11.7. The minimum Gasteiger partial charge on any atom is -0.378 e. The molecule has 0 aliphatic carbocycles. The highest BCUT2D eigenvalue weighted by Gasteiger charge is 2.15. The molecule has 1 saturated heterocycles. The van der Waals surface area contributed by atoms with Crippen LogP contribution in [-0.2, 0) is 4.74 Å². The van der Waals surface area contributed by atoms with Crippen molar-refractivity contribution in [2.45, 2.75) is 5.16 Å². The van der Waals surface area contributed by atoms with Crippen molar-refractivity contribution in [3.63, 3.8) is 0 Å². The molecule has 3 aromatic rings. The normalized spacial score (nSPS) is 14.2. The van der Waals surface area contributed by atoms with Gasteiger partial charge in [-0.15, -0.1) is 0 Å². The van der Waals surface area contributed by atoms with Crippen LogP contribution in [0.15, 0.2) is 65.8 Å². The first kappa shape index (κ1) is 17.8. The Morgan fingerprint density at radius 3 is 2.48 bits per heavy atom. The lowest BCUT2D eigenvalue weighted by Gasteiger charge is -2.30. The topological polar surface area (TPSA) is 50.3 Å². The van der Waals surface area contributed by atoms with E-state index in [2.05, 4.69) is 50.5 Å². The zero-order chi connectivity index (χ0) is 18.5. The van der Waals surface area contributed by atoms with E-state index in [0.717, 1.165) is 54.2 Å². The summed E-state index contributed by atoms with van der Waals surface area (Å²) < 4.78 is 5.49. The molecule has 6 heteroatoms. The van der Waals surface area contributed by atoms with Gasteiger partial charge in [0.1, 0.15) is 5.82 Å². The van der Waals surface area contributed by atoms with Crippen LogP contribution in [-0.4, -0.2) is 42.5 Å². The van der Waals surface area contributed by atoms with Crippen molar-refractivity contribution >= 4 is 29.0 Å². The Bertz CT molecular complexity index is 898. The van der Waals surface area contributed by atoms with Gasteiger partial charge in [0.2, 0.25) is 0 Å². The maximum absolute atomic E-state index is 5.49. The number of para-hydroxylation sites is 2. The molecule has 0 bridgehead atoms. The van der Waals surface area contributed by atoms with Crippen molar-refractivity contribution in [2.24, 2.45) is 0 Å². The second-order valence-corrected chi connectivity index (χ2v) is 7.01. The van der Waals surface area contributed by atoms with Gasteiger partial charge in [-0.25, -0.2) is 9.97 Å². The van der Waals surface area contributed by atoms with Gasteiger partial charge in [-0.2, -0.15) is 0 Å². The van der Waals surface area contributed by atoms with Crippen molar-refractivity contribution in [1.82, 2.24) is 9.97 Å². The first-order valence-corrected chi connectivity index (χ1v) is 10.2. The molecular formula is C21H22N4OS. The Balaban J connectivity index is 1.67. The lowest BCUT2D eigenvalue weighted by Crippen LogP contribution is -2.36. The van der Waals surface area contributed by atoms with Gasteiger partial charge >= 0.3 is 0 Å². The number of hydrogen-bond acceptors (Lipinski definition) is 6. The minimum absolute atomic E-state index is 0.753. The zero-order valence-electron chi connectivity index (χ0n) is 15.3. The number of ether oxygens (including phenoxy) is 1. The summed E-state index contributed by atoms with van der Waals surface area (Å²) >= 11 is 1.55. The maximum Gasteiger partial charge on any atom is 0.189 e. The minimum atomic E-state index is 0.753. The molecule has 1 aliphatic heterocycles. The van der Waals surface area contributed by atoms with Crippen LogP contribution in [0.4, 0.5) is 17.2 Å². The summed E-state index contributed by atoms with van der Waals surface area (Å²) in [7, 11) is 0. The lowest BCUT2D eigenvalue weighted by molar-refractivity contribution is 0.123. The predicted molar refractivity (Wildman–Crippen MR) is 112 cm³/mol. The SMILES string of the molecule is CSc1nc(Nc2ccccc2N2CCOCC2)cc(-c2ccccc2)n1. The van der Waals surface area contributed by atoms with Crippen molar-refractivity contribution in [2.75, 3.05) is 42.8 Å². The van der Waals surface area contributed by atoms with Gasteiger partial charge in [0, 0.05) is 24.7 Å². The number of hydrogen-bond donors (Lipinski definition) is 1. The van der Waals surface area contributed by atoms with Crippen LogP contribution in [0.25, 0.3) is 11.3 Å². The summed E-state index contributed by atoms with van der Waals surface area (Å²) in [6, 6.07) is 20.5. The van der Waals surface area contributed by atoms with E-state index < -0.39 is 0 Å². The highest BCUT2D eigenvalue weighted by molar-refractivity contribution is 7.98. The van der Waals surface area contributed by atoms with E-state index in [1.54, 1.807) is 11.8 Å². The zero-order valence-corrected chi connectivity index (χ0v) is 16.1. The van der Waals surface area contributed by atoms with Crippen molar-refractivity contribution in [3.8, 4) is 11.3 Å². The lowest BCUT2D eigenvalue weighted by atomic mass is 10.1. The number of benzene rings is 2. The second kappa shape index (κ2) is 8.41. The number of nitrogens with one attached hydrogen (secondary N) is 1. The van der Waals surface area contributed by atoms with Gasteiger partial charge in [0.25, 0.3) is 0 Å². The Labute approximate surface area is 163 Å². The number of aromatic nitrogens is 2. The smallest absolute Gasteiger partial charge is 0.189 e. The van der Waals surface area contributed by atoms with Crippen molar-refractivity contribution in [3.05, 3.63) is 60.7 Å². The van der Waals surface area contributed by atoms with Crippen LogP contribution in [0.2, 0.25) is 0 Å². The number of morpholine rings is 1. The second-order valence-electron chi connectivity index (χ2n) is 6.23. The third kappa shape index (κ3) is 4.23. The maximum atomic E-state index is 5.49. The van der Waals surface area contributed by atoms with E-state index in [1.165, 1.54) is 5.69 Å². The van der Waals surface area contributed by atoms with Crippen LogP contribution >= 0.6 is 11.8 Å². The largest absolute Gasteiger partial charge is 0.378 e. The average Bonchev–Trinajstić information content (AvgIpc) is 2.75. The molecule has 0 spiro atoms. The highest BCUT2D eigenvalue weighted by Crippen LogP contribution is 2.30. The summed E-state index contributed by atoms with van der Waals surface area (Å²) in [5.74, 6) is 0.800. The molecule has 0 radical (unpaired) electrons. The Hall–Kier alpha value is -2.57. The monoisotopic (exact) mass is 378 g/mol. The average molecular weight is 379 g/mol. The fraction of sp³-hybridized carbons (Fsp3) is 0.238. The van der Waals surface area contributed by atoms with E-state index in [9.17, 15) is 0 Å². The summed E-state index contributed by atoms with van der Waals surface area (Å²) in [6.45, 7) is 3.31. The molecule has 0 saturated carbocycles. The fourth-order valence-electron chi connectivity index (χ4n) is 3.13. The number of anilines is 3. The molecule has 1 N–H and O–H groups in total. The highest BCUT2D eigenvalue weighted by atomic mass is 32.2. The number of thioether (sulfide) groups is 1. The van der Waals surface area contributed by atoms with Crippen LogP contribution in [0.3, 0.4) is 0 Å². The predicted octanol–water partition coefficient (Wildman–Crippen LogP) is 4.45. The van der Waals surface area contributed by atoms with E-state index in [1.807, 2.05) is 36.6 Å². The van der Waals surface area contributed by atoms with Crippen molar-refractivity contribution < 1.29 is 4.74 Å². The van der Waals surface area contributed by atoms with E-state index in [-0.39, 0.29) is 0 Å². The van der Waals surface area contributed by atoms with Gasteiger partial charge < -0.3 is 15.0 Å². The van der Waals surface area contributed by atoms with E-state index in [0.29, 0.717) is 0 Å². The Morgan fingerprint density at radius 1 is 0.963 bits per heavy atom. The summed E-state index contributed by atoms with van der Waals surface area (Å²) in [5.41, 5.74) is 4.22. The fourth-order valence-corrected chi connectivity index (χ4v) is 3.51. The molecule has 2 heterocycles. The third-order valence-electron chi connectivity index (χ3n) is 4.48. The quantitative estimate of drug-likeness (QED) is 0.523. The Kier molecular flexibility index (Phi) is 5.55. The third-order valence-corrected chi connectivity index (χ3v) is 5.02. The van der Waals surface area contributed by atoms with Gasteiger partial charge in [0.05, 0.1) is 30.3 Å². The molecule has 0 amide bonds. The van der Waals surface area contributed by atoms with Gasteiger partial charge in [-0.3, -0.25) is 0 Å². The molecule has 0 atom stereocenters. The molecule has 27 heavy (non-hydrogen) atoms. The number of rotatable bonds is 5.